The van der Waals surface area contributed by atoms with Crippen molar-refractivity contribution in [3.8, 4) is 0 Å². The second kappa shape index (κ2) is 4.04. The van der Waals surface area contributed by atoms with Crippen molar-refractivity contribution in [1.82, 2.24) is 9.97 Å². The van der Waals surface area contributed by atoms with Gasteiger partial charge in [-0.25, -0.2) is 23.5 Å². The average molecular weight is 238 g/mol. The van der Waals surface area contributed by atoms with Crippen molar-refractivity contribution in [2.45, 2.75) is 13.3 Å². The van der Waals surface area contributed by atoms with Crippen LogP contribution in [-0.2, 0) is 0 Å². The number of aryl methyl sites for hydroxylation is 1. The van der Waals surface area contributed by atoms with Crippen LogP contribution in [0.5, 0.6) is 0 Å². The Bertz CT molecular complexity index is 599. The van der Waals surface area contributed by atoms with E-state index in [1.807, 2.05) is 0 Å². The van der Waals surface area contributed by atoms with Crippen molar-refractivity contribution in [1.29, 1.82) is 0 Å². The maximum atomic E-state index is 12.7. The first-order valence-corrected chi connectivity index (χ1v) is 4.79. The van der Waals surface area contributed by atoms with Crippen LogP contribution in [0.3, 0.4) is 0 Å². The molecule has 88 valence electrons. The Hall–Kier alpha value is -2.11. The molecule has 1 N–H and O–H groups in total. The molecule has 0 atom stereocenters. The molecule has 0 fully saturated rings. The molecule has 0 bridgehead atoms. The highest BCUT2D eigenvalue weighted by Crippen LogP contribution is 2.24. The summed E-state index contributed by atoms with van der Waals surface area (Å²) in [5.74, 6) is -1.42. The first kappa shape index (κ1) is 11.4. The fourth-order valence-corrected chi connectivity index (χ4v) is 1.50. The number of rotatable bonds is 2. The Labute approximate surface area is 94.9 Å². The number of hydrogen-bond donors (Lipinski definition) is 1. The summed E-state index contributed by atoms with van der Waals surface area (Å²) in [6, 6.07) is 4.43. The minimum atomic E-state index is -2.94. The van der Waals surface area contributed by atoms with E-state index in [1.54, 1.807) is 19.1 Å². The molecule has 0 saturated heterocycles. The molecule has 0 aliphatic carbocycles. The molecule has 0 spiro atoms. The summed E-state index contributed by atoms with van der Waals surface area (Å²) in [5.41, 5.74) is -0.472. The van der Waals surface area contributed by atoms with Crippen molar-refractivity contribution < 1.29 is 18.7 Å². The van der Waals surface area contributed by atoms with Crippen molar-refractivity contribution >= 4 is 17.0 Å². The number of carboxylic acids is 1. The van der Waals surface area contributed by atoms with Crippen LogP contribution in [0.15, 0.2) is 18.2 Å². The normalized spacial score (nSPS) is 11.1. The Morgan fingerprint density at radius 1 is 1.35 bits per heavy atom. The van der Waals surface area contributed by atoms with Gasteiger partial charge in [-0.05, 0) is 25.1 Å². The van der Waals surface area contributed by atoms with Crippen LogP contribution in [0.1, 0.15) is 28.2 Å². The third kappa shape index (κ3) is 2.06. The number of carbonyl (C=O) groups is 1. The number of nitrogens with zero attached hydrogens (tertiary/aromatic N) is 2. The van der Waals surface area contributed by atoms with Crippen LogP contribution < -0.4 is 0 Å². The van der Waals surface area contributed by atoms with Gasteiger partial charge < -0.3 is 5.11 Å². The van der Waals surface area contributed by atoms with Crippen molar-refractivity contribution in [3.63, 3.8) is 0 Å². The van der Waals surface area contributed by atoms with Gasteiger partial charge >= 0.3 is 5.97 Å². The van der Waals surface area contributed by atoms with E-state index in [2.05, 4.69) is 9.97 Å². The zero-order valence-electron chi connectivity index (χ0n) is 8.82. The highest BCUT2D eigenvalue weighted by molar-refractivity contribution is 5.93. The lowest BCUT2D eigenvalue weighted by Crippen LogP contribution is -2.06. The maximum Gasteiger partial charge on any atom is 0.337 e. The summed E-state index contributed by atoms with van der Waals surface area (Å²) in [6.07, 6.45) is -2.94. The van der Waals surface area contributed by atoms with Gasteiger partial charge in [-0.15, -0.1) is 0 Å². The van der Waals surface area contributed by atoms with E-state index in [0.717, 1.165) is 0 Å². The predicted molar refractivity (Wildman–Crippen MR) is 56.2 cm³/mol. The van der Waals surface area contributed by atoms with E-state index in [0.29, 0.717) is 11.1 Å². The molecule has 2 aromatic rings. The van der Waals surface area contributed by atoms with Crippen LogP contribution in [-0.4, -0.2) is 21.0 Å². The zero-order chi connectivity index (χ0) is 12.6. The predicted octanol–water partition coefficient (Wildman–Crippen LogP) is 2.57. The van der Waals surface area contributed by atoms with Gasteiger partial charge in [-0.2, -0.15) is 0 Å². The van der Waals surface area contributed by atoms with Crippen molar-refractivity contribution in [2.24, 2.45) is 0 Å². The van der Waals surface area contributed by atoms with Gasteiger partial charge in [-0.3, -0.25) is 0 Å². The van der Waals surface area contributed by atoms with Gasteiger partial charge in [0.2, 0.25) is 0 Å². The minimum absolute atomic E-state index is 0.130. The molecule has 2 aromatic heterocycles. The fourth-order valence-electron chi connectivity index (χ4n) is 1.50. The first-order valence-electron chi connectivity index (χ1n) is 4.79. The number of halogens is 2. The molecule has 2 rings (SSSR count). The van der Waals surface area contributed by atoms with Crippen LogP contribution >= 0.6 is 0 Å². The third-order valence-electron chi connectivity index (χ3n) is 2.28. The molecule has 0 unspecified atom stereocenters. The van der Waals surface area contributed by atoms with E-state index in [1.165, 1.54) is 6.07 Å². The van der Waals surface area contributed by atoms with Gasteiger partial charge in [0, 0.05) is 11.1 Å². The van der Waals surface area contributed by atoms with Crippen LogP contribution in [0.25, 0.3) is 11.0 Å². The number of hydrogen-bond acceptors (Lipinski definition) is 3. The quantitative estimate of drug-likeness (QED) is 0.873. The lowest BCUT2D eigenvalue weighted by Gasteiger charge is -2.06. The molecule has 0 saturated carbocycles. The van der Waals surface area contributed by atoms with E-state index in [9.17, 15) is 13.6 Å². The number of aromatic carboxylic acids is 1. The largest absolute Gasteiger partial charge is 0.478 e. The molecule has 0 aromatic carbocycles. The molecule has 2 heterocycles. The Morgan fingerprint density at radius 3 is 2.65 bits per heavy atom. The maximum absolute atomic E-state index is 12.7. The summed E-state index contributed by atoms with van der Waals surface area (Å²) in [6.45, 7) is 1.70. The second-order valence-corrected chi connectivity index (χ2v) is 3.53. The van der Waals surface area contributed by atoms with E-state index < -0.39 is 23.7 Å². The molecule has 17 heavy (non-hydrogen) atoms. The number of fused-ring (bicyclic) bond motifs is 1. The second-order valence-electron chi connectivity index (χ2n) is 3.53. The molecular formula is C11H8F2N2O2. The monoisotopic (exact) mass is 238 g/mol. The van der Waals surface area contributed by atoms with Crippen molar-refractivity contribution in [3.05, 3.63) is 35.2 Å². The molecule has 4 nitrogen and oxygen atoms in total. The van der Waals surface area contributed by atoms with Gasteiger partial charge in [0.15, 0.2) is 5.65 Å². The Kier molecular flexibility index (Phi) is 2.71. The summed E-state index contributed by atoms with van der Waals surface area (Å²) in [7, 11) is 0. The standard InChI is InChI=1S/C11H8F2N2O2/c1-5-2-3-6-4-7(11(16)17)8(9(12)13)15-10(6)14-5/h2-4,9H,1H3,(H,16,17). The highest BCUT2D eigenvalue weighted by atomic mass is 19.3. The number of alkyl halides is 2. The summed E-state index contributed by atoms with van der Waals surface area (Å²) >= 11 is 0. The summed E-state index contributed by atoms with van der Waals surface area (Å²) in [4.78, 5) is 18.4. The molecule has 0 amide bonds. The number of carboxylic acid groups (broad SMARTS) is 1. The molecular weight excluding hydrogens is 230 g/mol. The van der Waals surface area contributed by atoms with Crippen molar-refractivity contribution in [2.75, 3.05) is 0 Å². The highest BCUT2D eigenvalue weighted by Gasteiger charge is 2.21. The topological polar surface area (TPSA) is 63.1 Å². The van der Waals surface area contributed by atoms with E-state index in [-0.39, 0.29) is 5.65 Å². The average Bonchev–Trinajstić information content (AvgIpc) is 2.26. The molecule has 0 radical (unpaired) electrons. The number of aromatic nitrogens is 2. The van der Waals surface area contributed by atoms with Gasteiger partial charge in [0.25, 0.3) is 6.43 Å². The summed E-state index contributed by atoms with van der Waals surface area (Å²) in [5, 5.41) is 9.26. The molecule has 0 aliphatic rings. The van der Waals surface area contributed by atoms with E-state index in [4.69, 9.17) is 5.11 Å². The molecule has 6 heteroatoms. The fraction of sp³-hybridized carbons (Fsp3) is 0.182. The Morgan fingerprint density at radius 2 is 2.06 bits per heavy atom. The summed E-state index contributed by atoms with van der Waals surface area (Å²) < 4.78 is 25.3. The Balaban J connectivity index is 2.77. The third-order valence-corrected chi connectivity index (χ3v) is 2.28. The zero-order valence-corrected chi connectivity index (χ0v) is 8.82. The van der Waals surface area contributed by atoms with Crippen LogP contribution in [0.2, 0.25) is 0 Å². The van der Waals surface area contributed by atoms with Crippen LogP contribution in [0.4, 0.5) is 8.78 Å². The smallest absolute Gasteiger partial charge is 0.337 e. The minimum Gasteiger partial charge on any atom is -0.478 e. The first-order chi connectivity index (χ1) is 7.99. The lowest BCUT2D eigenvalue weighted by molar-refractivity contribution is 0.0682. The molecule has 0 aliphatic heterocycles. The van der Waals surface area contributed by atoms with Crippen LogP contribution in [0, 0.1) is 6.92 Å². The number of pyridine rings is 2. The van der Waals surface area contributed by atoms with Gasteiger partial charge in [0.1, 0.15) is 5.69 Å². The van der Waals surface area contributed by atoms with Gasteiger partial charge in [0.05, 0.1) is 5.56 Å². The van der Waals surface area contributed by atoms with E-state index >= 15 is 0 Å². The SMILES string of the molecule is Cc1ccc2cc(C(=O)O)c(C(F)F)nc2n1. The lowest BCUT2D eigenvalue weighted by atomic mass is 10.1. The van der Waals surface area contributed by atoms with Gasteiger partial charge in [-0.1, -0.05) is 0 Å².